The lowest BCUT2D eigenvalue weighted by Gasteiger charge is -2.25. The third-order valence-electron chi connectivity index (χ3n) is 2.18. The maximum Gasteiger partial charge on any atom is 0.0547 e. The molecule has 1 saturated heterocycles. The molecule has 0 bridgehead atoms. The Kier molecular flexibility index (Phi) is 2.52. The minimum atomic E-state index is 0.521. The van der Waals surface area contributed by atoms with E-state index in [0.29, 0.717) is 6.10 Å². The van der Waals surface area contributed by atoms with Gasteiger partial charge in [0.2, 0.25) is 0 Å². The summed E-state index contributed by atoms with van der Waals surface area (Å²) in [6, 6.07) is 0. The molecule has 1 aliphatic heterocycles. The van der Waals surface area contributed by atoms with E-state index in [-0.39, 0.29) is 0 Å². The van der Waals surface area contributed by atoms with E-state index in [1.54, 1.807) is 0 Å². The minimum Gasteiger partial charge on any atom is -0.378 e. The van der Waals surface area contributed by atoms with Crippen LogP contribution in [0, 0.1) is 5.92 Å². The minimum absolute atomic E-state index is 0.521. The van der Waals surface area contributed by atoms with Crippen LogP contribution in [0.3, 0.4) is 0 Å². The Morgan fingerprint density at radius 2 is 2.22 bits per heavy atom. The summed E-state index contributed by atoms with van der Waals surface area (Å²) in [5.74, 6) is 0.848. The van der Waals surface area contributed by atoms with E-state index in [4.69, 9.17) is 4.74 Å². The van der Waals surface area contributed by atoms with Crippen molar-refractivity contribution in [3.8, 4) is 0 Å². The van der Waals surface area contributed by atoms with Crippen molar-refractivity contribution in [3.63, 3.8) is 0 Å². The molecule has 1 nitrogen and oxygen atoms in total. The Morgan fingerprint density at radius 3 is 2.67 bits per heavy atom. The average molecular weight is 128 g/mol. The number of hydrogen-bond donors (Lipinski definition) is 0. The van der Waals surface area contributed by atoms with Crippen LogP contribution in [-0.4, -0.2) is 12.7 Å². The fourth-order valence-electron chi connectivity index (χ4n) is 1.26. The van der Waals surface area contributed by atoms with E-state index in [9.17, 15) is 0 Å². The average Bonchev–Trinajstić information content (AvgIpc) is 1.90. The van der Waals surface area contributed by atoms with Crippen molar-refractivity contribution >= 4 is 0 Å². The van der Waals surface area contributed by atoms with Crippen LogP contribution >= 0.6 is 0 Å². The maximum absolute atomic E-state index is 5.48. The Balaban J connectivity index is 2.18. The second-order valence-electron chi connectivity index (χ2n) is 3.00. The SMILES string of the molecule is CCC1CC[C@@H](C)OC1. The summed E-state index contributed by atoms with van der Waals surface area (Å²) in [4.78, 5) is 0. The first-order chi connectivity index (χ1) is 4.33. The van der Waals surface area contributed by atoms with Crippen molar-refractivity contribution < 1.29 is 4.74 Å². The quantitative estimate of drug-likeness (QED) is 0.526. The van der Waals surface area contributed by atoms with Crippen LogP contribution in [0.15, 0.2) is 0 Å². The predicted octanol–water partition coefficient (Wildman–Crippen LogP) is 2.21. The zero-order chi connectivity index (χ0) is 6.69. The molecule has 1 heterocycles. The molecule has 1 aliphatic rings. The van der Waals surface area contributed by atoms with Gasteiger partial charge >= 0.3 is 0 Å². The molecule has 0 N–H and O–H groups in total. The van der Waals surface area contributed by atoms with Crippen LogP contribution in [0.5, 0.6) is 0 Å². The van der Waals surface area contributed by atoms with Gasteiger partial charge in [0.1, 0.15) is 0 Å². The molecule has 0 spiro atoms. The lowest BCUT2D eigenvalue weighted by atomic mass is 9.97. The molecule has 1 rings (SSSR count). The molecule has 0 amide bonds. The third-order valence-corrected chi connectivity index (χ3v) is 2.18. The van der Waals surface area contributed by atoms with E-state index >= 15 is 0 Å². The molecule has 0 saturated carbocycles. The fourth-order valence-corrected chi connectivity index (χ4v) is 1.26. The molecule has 0 aromatic rings. The highest BCUT2D eigenvalue weighted by Crippen LogP contribution is 2.20. The summed E-state index contributed by atoms with van der Waals surface area (Å²) < 4.78 is 5.48. The zero-order valence-corrected chi connectivity index (χ0v) is 6.39. The van der Waals surface area contributed by atoms with Crippen molar-refractivity contribution in [2.24, 2.45) is 5.92 Å². The topological polar surface area (TPSA) is 9.23 Å². The van der Waals surface area contributed by atoms with Gasteiger partial charge in [0, 0.05) is 6.61 Å². The molecule has 1 unspecified atom stereocenters. The first-order valence-electron chi connectivity index (χ1n) is 3.94. The summed E-state index contributed by atoms with van der Waals surface area (Å²) >= 11 is 0. The largest absolute Gasteiger partial charge is 0.378 e. The van der Waals surface area contributed by atoms with Gasteiger partial charge in [0.15, 0.2) is 0 Å². The van der Waals surface area contributed by atoms with Crippen molar-refractivity contribution in [1.82, 2.24) is 0 Å². The van der Waals surface area contributed by atoms with Crippen molar-refractivity contribution in [3.05, 3.63) is 0 Å². The number of rotatable bonds is 1. The summed E-state index contributed by atoms with van der Waals surface area (Å²) in [5.41, 5.74) is 0. The van der Waals surface area contributed by atoms with Gasteiger partial charge in [-0.2, -0.15) is 0 Å². The standard InChI is InChI=1S/C8H16O/c1-3-8-5-4-7(2)9-6-8/h7-8H,3-6H2,1-2H3/t7-,8?/m1/s1. The monoisotopic (exact) mass is 128 g/mol. The molecule has 0 aliphatic carbocycles. The first kappa shape index (κ1) is 7.07. The van der Waals surface area contributed by atoms with E-state index < -0.39 is 0 Å². The lowest BCUT2D eigenvalue weighted by Crippen LogP contribution is -2.22. The van der Waals surface area contributed by atoms with Gasteiger partial charge in [-0.25, -0.2) is 0 Å². The third kappa shape index (κ3) is 1.98. The fraction of sp³-hybridized carbons (Fsp3) is 1.00. The molecular weight excluding hydrogens is 112 g/mol. The molecule has 9 heavy (non-hydrogen) atoms. The van der Waals surface area contributed by atoms with Gasteiger partial charge < -0.3 is 4.74 Å². The lowest BCUT2D eigenvalue weighted by molar-refractivity contribution is -0.00573. The Labute approximate surface area is 57.4 Å². The molecule has 2 atom stereocenters. The molecule has 0 aromatic heterocycles. The zero-order valence-electron chi connectivity index (χ0n) is 6.39. The van der Waals surface area contributed by atoms with Crippen LogP contribution in [0.4, 0.5) is 0 Å². The Bertz CT molecular complexity index is 72.6. The van der Waals surface area contributed by atoms with E-state index in [1.165, 1.54) is 19.3 Å². The van der Waals surface area contributed by atoms with Crippen LogP contribution in [0.25, 0.3) is 0 Å². The first-order valence-corrected chi connectivity index (χ1v) is 3.94. The Morgan fingerprint density at radius 1 is 1.44 bits per heavy atom. The second-order valence-corrected chi connectivity index (χ2v) is 3.00. The van der Waals surface area contributed by atoms with Crippen LogP contribution in [0.2, 0.25) is 0 Å². The molecule has 0 radical (unpaired) electrons. The van der Waals surface area contributed by atoms with Gasteiger partial charge in [0.05, 0.1) is 6.10 Å². The van der Waals surface area contributed by atoms with Gasteiger partial charge in [-0.15, -0.1) is 0 Å². The van der Waals surface area contributed by atoms with Gasteiger partial charge in [0.25, 0.3) is 0 Å². The highest BCUT2D eigenvalue weighted by molar-refractivity contribution is 4.65. The van der Waals surface area contributed by atoms with Crippen molar-refractivity contribution in [2.75, 3.05) is 6.61 Å². The van der Waals surface area contributed by atoms with Crippen LogP contribution < -0.4 is 0 Å². The van der Waals surface area contributed by atoms with Crippen LogP contribution in [0.1, 0.15) is 33.1 Å². The van der Waals surface area contributed by atoms with Gasteiger partial charge in [-0.1, -0.05) is 13.3 Å². The molecule has 1 fully saturated rings. The van der Waals surface area contributed by atoms with E-state index in [1.807, 2.05) is 0 Å². The maximum atomic E-state index is 5.48. The van der Waals surface area contributed by atoms with E-state index in [2.05, 4.69) is 13.8 Å². The summed E-state index contributed by atoms with van der Waals surface area (Å²) in [6.07, 6.45) is 4.44. The van der Waals surface area contributed by atoms with Crippen molar-refractivity contribution in [1.29, 1.82) is 0 Å². The van der Waals surface area contributed by atoms with Crippen LogP contribution in [-0.2, 0) is 4.74 Å². The van der Waals surface area contributed by atoms with Gasteiger partial charge in [-0.05, 0) is 25.7 Å². The second kappa shape index (κ2) is 3.21. The summed E-state index contributed by atoms with van der Waals surface area (Å²) in [5, 5.41) is 0. The molecule has 0 aromatic carbocycles. The Hall–Kier alpha value is -0.0400. The predicted molar refractivity (Wildman–Crippen MR) is 38.4 cm³/mol. The molecule has 54 valence electrons. The summed E-state index contributed by atoms with van der Waals surface area (Å²) in [7, 11) is 0. The van der Waals surface area contributed by atoms with Gasteiger partial charge in [-0.3, -0.25) is 0 Å². The van der Waals surface area contributed by atoms with Crippen molar-refractivity contribution in [2.45, 2.75) is 39.2 Å². The summed E-state index contributed by atoms with van der Waals surface area (Å²) in [6.45, 7) is 5.40. The van der Waals surface area contributed by atoms with E-state index in [0.717, 1.165) is 12.5 Å². The highest BCUT2D eigenvalue weighted by Gasteiger charge is 2.15. The smallest absolute Gasteiger partial charge is 0.0547 e. The number of ether oxygens (including phenoxy) is 1. The highest BCUT2D eigenvalue weighted by atomic mass is 16.5. The normalized spacial score (nSPS) is 36.7. The molecular formula is C8H16O. The molecule has 1 heteroatoms. The number of hydrogen-bond acceptors (Lipinski definition) is 1.